The third-order valence-corrected chi connectivity index (χ3v) is 2.71. The number of carbonyl (C=O) groups excluding carboxylic acids is 1. The highest BCUT2D eigenvalue weighted by Crippen LogP contribution is 2.29. The number of fused-ring (bicyclic) bond motifs is 1. The molecule has 0 unspecified atom stereocenters. The molecule has 16 heavy (non-hydrogen) atoms. The number of carbonyl (C=O) groups is 1. The zero-order valence-electron chi connectivity index (χ0n) is 10.2. The van der Waals surface area contributed by atoms with Crippen LogP contribution in [0.5, 0.6) is 0 Å². The number of para-hydroxylation sites is 1. The van der Waals surface area contributed by atoms with E-state index in [4.69, 9.17) is 0 Å². The van der Waals surface area contributed by atoms with E-state index in [0.717, 1.165) is 18.7 Å². The number of benzene rings is 1. The van der Waals surface area contributed by atoms with Crippen molar-refractivity contribution in [1.82, 2.24) is 0 Å². The third-order valence-electron chi connectivity index (χ3n) is 2.71. The molecule has 1 aromatic rings. The first-order valence-electron chi connectivity index (χ1n) is 5.73. The van der Waals surface area contributed by atoms with Crippen LogP contribution in [0.3, 0.4) is 0 Å². The van der Waals surface area contributed by atoms with Gasteiger partial charge in [-0.3, -0.25) is 4.79 Å². The van der Waals surface area contributed by atoms with Crippen molar-refractivity contribution in [2.75, 3.05) is 11.4 Å². The molecule has 0 N–H and O–H groups in total. The molecule has 0 aromatic heterocycles. The van der Waals surface area contributed by atoms with Crippen molar-refractivity contribution in [2.45, 2.75) is 27.2 Å². The summed E-state index contributed by atoms with van der Waals surface area (Å²) in [4.78, 5) is 14.0. The first kappa shape index (κ1) is 11.2. The van der Waals surface area contributed by atoms with Crippen molar-refractivity contribution in [3.63, 3.8) is 0 Å². The average Bonchev–Trinajstić information content (AvgIpc) is 2.58. The summed E-state index contributed by atoms with van der Waals surface area (Å²) >= 11 is 0. The number of nitrogens with zero attached hydrogens (tertiary/aromatic N) is 1. The van der Waals surface area contributed by atoms with Crippen LogP contribution in [0.15, 0.2) is 24.3 Å². The monoisotopic (exact) mass is 216 g/mol. The maximum atomic E-state index is 12.1. The van der Waals surface area contributed by atoms with Crippen molar-refractivity contribution in [3.05, 3.63) is 36.2 Å². The van der Waals surface area contributed by atoms with E-state index in [2.05, 4.69) is 6.07 Å². The van der Waals surface area contributed by atoms with E-state index in [1.54, 1.807) is 6.42 Å². The molecule has 0 aliphatic carbocycles. The van der Waals surface area contributed by atoms with Gasteiger partial charge in [0.2, 0.25) is 5.91 Å². The molecule has 0 spiro atoms. The Hall–Kier alpha value is -1.31. The first-order chi connectivity index (χ1) is 7.47. The highest BCUT2D eigenvalue weighted by Gasteiger charge is 2.27. The molecule has 2 heteroatoms. The van der Waals surface area contributed by atoms with Crippen LogP contribution in [0, 0.1) is 11.8 Å². The predicted molar refractivity (Wildman–Crippen MR) is 66.3 cm³/mol. The average molecular weight is 216 g/mol. The number of hydrogen-bond acceptors (Lipinski definition) is 1. The number of rotatable bonds is 1. The number of amides is 1. The zero-order valence-corrected chi connectivity index (χ0v) is 10.2. The molecule has 1 radical (unpaired) electrons. The van der Waals surface area contributed by atoms with Crippen LogP contribution in [-0.2, 0) is 11.2 Å². The van der Waals surface area contributed by atoms with Crippen molar-refractivity contribution in [3.8, 4) is 0 Å². The van der Waals surface area contributed by atoms with Crippen molar-refractivity contribution >= 4 is 11.6 Å². The summed E-state index contributed by atoms with van der Waals surface area (Å²) in [6.45, 7) is 6.96. The lowest BCUT2D eigenvalue weighted by molar-refractivity contribution is -0.116. The van der Waals surface area contributed by atoms with Gasteiger partial charge in [-0.25, -0.2) is 0 Å². The molecule has 2 nitrogen and oxygen atoms in total. The van der Waals surface area contributed by atoms with Gasteiger partial charge in [-0.2, -0.15) is 0 Å². The Kier molecular flexibility index (Phi) is 2.75. The van der Waals surface area contributed by atoms with Crippen molar-refractivity contribution < 1.29 is 4.79 Å². The van der Waals surface area contributed by atoms with Gasteiger partial charge in [0.15, 0.2) is 0 Å². The SMILES string of the molecule is CC(C)(C)[CH]C(=O)N1CCc2ccccc21. The lowest BCUT2D eigenvalue weighted by Crippen LogP contribution is -2.32. The quantitative estimate of drug-likeness (QED) is 0.707. The van der Waals surface area contributed by atoms with Gasteiger partial charge >= 0.3 is 0 Å². The fourth-order valence-electron chi connectivity index (χ4n) is 2.02. The topological polar surface area (TPSA) is 20.3 Å². The maximum absolute atomic E-state index is 12.1. The van der Waals surface area contributed by atoms with Crippen LogP contribution in [0.25, 0.3) is 0 Å². The molecule has 1 amide bonds. The summed E-state index contributed by atoms with van der Waals surface area (Å²) in [5, 5.41) is 0. The van der Waals surface area contributed by atoms with E-state index in [1.165, 1.54) is 5.56 Å². The van der Waals surface area contributed by atoms with E-state index in [9.17, 15) is 4.79 Å². The Labute approximate surface area is 97.3 Å². The molecular weight excluding hydrogens is 198 g/mol. The fraction of sp³-hybridized carbons (Fsp3) is 0.429. The van der Waals surface area contributed by atoms with Gasteiger partial charge in [0, 0.05) is 12.2 Å². The summed E-state index contributed by atoms with van der Waals surface area (Å²) < 4.78 is 0. The Morgan fingerprint density at radius 1 is 1.31 bits per heavy atom. The Balaban J connectivity index is 2.16. The second-order valence-corrected chi connectivity index (χ2v) is 5.38. The van der Waals surface area contributed by atoms with Crippen LogP contribution >= 0.6 is 0 Å². The fourth-order valence-corrected chi connectivity index (χ4v) is 2.02. The molecule has 1 aromatic carbocycles. The lowest BCUT2D eigenvalue weighted by Gasteiger charge is -2.23. The number of hydrogen-bond donors (Lipinski definition) is 0. The minimum absolute atomic E-state index is 0.0609. The Bertz CT molecular complexity index is 403. The van der Waals surface area contributed by atoms with Gasteiger partial charge < -0.3 is 4.90 Å². The van der Waals surface area contributed by atoms with E-state index in [-0.39, 0.29) is 11.3 Å². The molecule has 85 valence electrons. The third kappa shape index (κ3) is 2.26. The minimum Gasteiger partial charge on any atom is -0.312 e. The molecule has 0 bridgehead atoms. The van der Waals surface area contributed by atoms with Crippen LogP contribution in [0.1, 0.15) is 26.3 Å². The highest BCUT2D eigenvalue weighted by molar-refractivity contribution is 6.01. The second-order valence-electron chi connectivity index (χ2n) is 5.38. The summed E-state index contributed by atoms with van der Waals surface area (Å²) in [5.41, 5.74) is 2.29. The molecule has 2 rings (SSSR count). The van der Waals surface area contributed by atoms with E-state index in [0.29, 0.717) is 0 Å². The molecule has 0 saturated carbocycles. The predicted octanol–water partition coefficient (Wildman–Crippen LogP) is 2.83. The van der Waals surface area contributed by atoms with E-state index in [1.807, 2.05) is 43.9 Å². The second kappa shape index (κ2) is 3.93. The molecule has 1 heterocycles. The normalized spacial score (nSPS) is 15.1. The van der Waals surface area contributed by atoms with Gasteiger partial charge in [-0.05, 0) is 23.5 Å². The van der Waals surface area contributed by atoms with Crippen LogP contribution in [0.4, 0.5) is 5.69 Å². The maximum Gasteiger partial charge on any atom is 0.231 e. The van der Waals surface area contributed by atoms with Gasteiger partial charge in [0.25, 0.3) is 0 Å². The highest BCUT2D eigenvalue weighted by atomic mass is 16.2. The first-order valence-corrected chi connectivity index (χ1v) is 5.73. The van der Waals surface area contributed by atoms with E-state index >= 15 is 0 Å². The number of anilines is 1. The summed E-state index contributed by atoms with van der Waals surface area (Å²) in [6.07, 6.45) is 2.77. The summed E-state index contributed by atoms with van der Waals surface area (Å²) in [7, 11) is 0. The molecular formula is C14H18NO. The van der Waals surface area contributed by atoms with E-state index < -0.39 is 0 Å². The minimum atomic E-state index is -0.0609. The Morgan fingerprint density at radius 3 is 2.69 bits per heavy atom. The van der Waals surface area contributed by atoms with Crippen LogP contribution in [0.2, 0.25) is 0 Å². The summed E-state index contributed by atoms with van der Waals surface area (Å²) in [5.74, 6) is 0.123. The zero-order chi connectivity index (χ0) is 11.8. The van der Waals surface area contributed by atoms with Gasteiger partial charge in [-0.15, -0.1) is 0 Å². The van der Waals surface area contributed by atoms with Gasteiger partial charge in [0.1, 0.15) is 0 Å². The van der Waals surface area contributed by atoms with Crippen molar-refractivity contribution in [1.29, 1.82) is 0 Å². The van der Waals surface area contributed by atoms with Gasteiger partial charge in [0.05, 0.1) is 6.42 Å². The molecule has 0 saturated heterocycles. The van der Waals surface area contributed by atoms with Crippen LogP contribution < -0.4 is 4.90 Å². The van der Waals surface area contributed by atoms with Crippen LogP contribution in [-0.4, -0.2) is 12.5 Å². The van der Waals surface area contributed by atoms with Crippen molar-refractivity contribution in [2.24, 2.45) is 5.41 Å². The summed E-state index contributed by atoms with van der Waals surface area (Å²) in [6, 6.07) is 8.14. The Morgan fingerprint density at radius 2 is 2.00 bits per heavy atom. The molecule has 1 aliphatic heterocycles. The molecule has 0 atom stereocenters. The molecule has 0 fully saturated rings. The smallest absolute Gasteiger partial charge is 0.231 e. The van der Waals surface area contributed by atoms with Gasteiger partial charge in [-0.1, -0.05) is 39.0 Å². The standard InChI is InChI=1S/C14H18NO/c1-14(2,3)10-13(16)15-9-8-11-6-4-5-7-12(11)15/h4-7,10H,8-9H2,1-3H3. The molecule has 1 aliphatic rings. The largest absolute Gasteiger partial charge is 0.312 e. The lowest BCUT2D eigenvalue weighted by atomic mass is 9.91.